The number of carbonyl (C=O) groups is 2. The largest absolute Gasteiger partial charge is 0.480 e. The lowest BCUT2D eigenvalue weighted by atomic mass is 10.1. The van der Waals surface area contributed by atoms with Crippen LogP contribution < -0.4 is 10.1 Å². The summed E-state index contributed by atoms with van der Waals surface area (Å²) in [7, 11) is 0. The fourth-order valence-electron chi connectivity index (χ4n) is 1.55. The molecule has 6 nitrogen and oxygen atoms in total. The molecule has 1 aromatic rings. The molecule has 0 aliphatic carbocycles. The summed E-state index contributed by atoms with van der Waals surface area (Å²) in [5, 5.41) is 20.5. The predicted molar refractivity (Wildman–Crippen MR) is 72.4 cm³/mol. The number of carboxylic acids is 1. The van der Waals surface area contributed by atoms with Gasteiger partial charge in [0.1, 0.15) is 11.6 Å². The van der Waals surface area contributed by atoms with Gasteiger partial charge in [0.25, 0.3) is 5.91 Å². The van der Waals surface area contributed by atoms with Gasteiger partial charge in [0.2, 0.25) is 0 Å². The van der Waals surface area contributed by atoms with E-state index in [0.717, 1.165) is 0 Å². The van der Waals surface area contributed by atoms with Crippen molar-refractivity contribution in [2.75, 3.05) is 0 Å². The molecule has 0 aliphatic heterocycles. The summed E-state index contributed by atoms with van der Waals surface area (Å²) in [4.78, 5) is 23.0. The highest BCUT2D eigenvalue weighted by molar-refractivity contribution is 5.89. The Kier molecular flexibility index (Phi) is 5.26. The van der Waals surface area contributed by atoms with Crippen molar-refractivity contribution < 1.29 is 28.9 Å². The summed E-state index contributed by atoms with van der Waals surface area (Å²) in [5.41, 5.74) is -1.39. The zero-order valence-corrected chi connectivity index (χ0v) is 12.0. The van der Waals surface area contributed by atoms with Crippen LogP contribution in [-0.2, 0) is 9.59 Å². The number of nitrogens with one attached hydrogen (secondary N) is 1. The van der Waals surface area contributed by atoms with E-state index in [2.05, 4.69) is 5.32 Å². The number of amides is 1. The Labute approximate surface area is 121 Å². The minimum Gasteiger partial charge on any atom is -0.480 e. The average molecular weight is 299 g/mol. The zero-order chi connectivity index (χ0) is 16.2. The molecule has 7 heteroatoms. The van der Waals surface area contributed by atoms with Crippen molar-refractivity contribution >= 4 is 11.9 Å². The fourth-order valence-corrected chi connectivity index (χ4v) is 1.55. The number of hydrogen-bond acceptors (Lipinski definition) is 4. The van der Waals surface area contributed by atoms with E-state index in [-0.39, 0.29) is 5.75 Å². The summed E-state index contributed by atoms with van der Waals surface area (Å²) in [5.74, 6) is -2.24. The Balaban J connectivity index is 2.79. The number of carboxylic acid groups (broad SMARTS) is 1. The molecule has 0 heterocycles. The van der Waals surface area contributed by atoms with Gasteiger partial charge in [-0.3, -0.25) is 4.79 Å². The minimum absolute atomic E-state index is 0.264. The lowest BCUT2D eigenvalue weighted by Gasteiger charge is -2.27. The van der Waals surface area contributed by atoms with E-state index in [9.17, 15) is 19.1 Å². The zero-order valence-electron chi connectivity index (χ0n) is 12.0. The van der Waals surface area contributed by atoms with Crippen molar-refractivity contribution in [1.29, 1.82) is 0 Å². The van der Waals surface area contributed by atoms with Gasteiger partial charge in [-0.2, -0.15) is 0 Å². The van der Waals surface area contributed by atoms with Gasteiger partial charge in [-0.1, -0.05) is 0 Å². The van der Waals surface area contributed by atoms with Gasteiger partial charge in [-0.05, 0) is 45.0 Å². The third-order valence-corrected chi connectivity index (χ3v) is 2.77. The van der Waals surface area contributed by atoms with Crippen molar-refractivity contribution in [3.8, 4) is 5.75 Å². The highest BCUT2D eigenvalue weighted by Gasteiger charge is 2.35. The number of hydrogen-bond donors (Lipinski definition) is 3. The number of carbonyl (C=O) groups excluding carboxylic acids is 1. The van der Waals surface area contributed by atoms with Crippen molar-refractivity contribution in [1.82, 2.24) is 5.32 Å². The molecule has 116 valence electrons. The van der Waals surface area contributed by atoms with E-state index in [4.69, 9.17) is 9.84 Å². The molecule has 0 aromatic heterocycles. The molecule has 1 aromatic carbocycles. The van der Waals surface area contributed by atoms with E-state index in [1.54, 1.807) is 0 Å². The topological polar surface area (TPSA) is 95.9 Å². The standard InChI is InChI=1S/C14H18FNO5/c1-8(17)11(12(18)19)16-13(20)14(2,3)21-10-6-4-9(15)5-7-10/h4-8,11,17H,1-3H3,(H,16,20)(H,18,19)/t8-,11+/m1/s1. The second kappa shape index (κ2) is 6.53. The first kappa shape index (κ1) is 16.9. The molecule has 0 saturated heterocycles. The van der Waals surface area contributed by atoms with Gasteiger partial charge in [0, 0.05) is 0 Å². The first-order valence-electron chi connectivity index (χ1n) is 6.30. The van der Waals surface area contributed by atoms with Crippen LogP contribution in [0.4, 0.5) is 4.39 Å². The van der Waals surface area contributed by atoms with Crippen LogP contribution in [0.1, 0.15) is 20.8 Å². The molecule has 0 saturated carbocycles. The normalized spacial score (nSPS) is 14.1. The van der Waals surface area contributed by atoms with E-state index >= 15 is 0 Å². The molecule has 0 aliphatic rings. The van der Waals surface area contributed by atoms with Crippen LogP contribution in [0.15, 0.2) is 24.3 Å². The predicted octanol–water partition coefficient (Wildman–Crippen LogP) is 0.933. The Morgan fingerprint density at radius 2 is 1.81 bits per heavy atom. The maximum Gasteiger partial charge on any atom is 0.328 e. The molecular formula is C14H18FNO5. The first-order chi connectivity index (χ1) is 9.63. The summed E-state index contributed by atoms with van der Waals surface area (Å²) in [6.07, 6.45) is -1.26. The number of aliphatic hydroxyl groups is 1. The molecule has 0 unspecified atom stereocenters. The van der Waals surface area contributed by atoms with Gasteiger partial charge in [0.15, 0.2) is 11.6 Å². The van der Waals surface area contributed by atoms with E-state index in [0.29, 0.717) is 0 Å². The molecule has 0 fully saturated rings. The Hall–Kier alpha value is -2.15. The maximum absolute atomic E-state index is 12.8. The molecule has 3 N–H and O–H groups in total. The third-order valence-electron chi connectivity index (χ3n) is 2.77. The van der Waals surface area contributed by atoms with Gasteiger partial charge in [0.05, 0.1) is 6.10 Å². The Morgan fingerprint density at radius 1 is 1.29 bits per heavy atom. The maximum atomic E-state index is 12.8. The van der Waals surface area contributed by atoms with E-state index in [1.165, 1.54) is 45.0 Å². The summed E-state index contributed by atoms with van der Waals surface area (Å²) >= 11 is 0. The van der Waals surface area contributed by atoms with Crippen LogP contribution >= 0.6 is 0 Å². The van der Waals surface area contributed by atoms with Crippen LogP contribution in [0.25, 0.3) is 0 Å². The number of ether oxygens (including phenoxy) is 1. The summed E-state index contributed by atoms with van der Waals surface area (Å²) < 4.78 is 18.2. The monoisotopic (exact) mass is 299 g/mol. The van der Waals surface area contributed by atoms with Gasteiger partial charge < -0.3 is 20.3 Å². The van der Waals surface area contributed by atoms with Crippen molar-refractivity contribution in [2.24, 2.45) is 0 Å². The number of halogens is 1. The molecule has 21 heavy (non-hydrogen) atoms. The second-order valence-corrected chi connectivity index (χ2v) is 5.10. The number of rotatable bonds is 6. The summed E-state index contributed by atoms with van der Waals surface area (Å²) in [6, 6.07) is 3.63. The van der Waals surface area contributed by atoms with Crippen LogP contribution in [0.3, 0.4) is 0 Å². The number of aliphatic carboxylic acids is 1. The molecule has 2 atom stereocenters. The fraction of sp³-hybridized carbons (Fsp3) is 0.429. The molecule has 0 radical (unpaired) electrons. The van der Waals surface area contributed by atoms with Crippen molar-refractivity contribution in [2.45, 2.75) is 38.5 Å². The van der Waals surface area contributed by atoms with Crippen LogP contribution in [0.5, 0.6) is 5.75 Å². The van der Waals surface area contributed by atoms with Crippen LogP contribution in [0, 0.1) is 5.82 Å². The molecule has 1 amide bonds. The Bertz CT molecular complexity index is 513. The number of aliphatic hydroxyl groups excluding tert-OH is 1. The molecular weight excluding hydrogens is 281 g/mol. The van der Waals surface area contributed by atoms with Crippen LogP contribution in [-0.4, -0.2) is 39.8 Å². The van der Waals surface area contributed by atoms with Gasteiger partial charge >= 0.3 is 5.97 Å². The van der Waals surface area contributed by atoms with Crippen molar-refractivity contribution in [3.05, 3.63) is 30.1 Å². The molecule has 0 bridgehead atoms. The van der Waals surface area contributed by atoms with E-state index < -0.39 is 35.4 Å². The van der Waals surface area contributed by atoms with Gasteiger partial charge in [-0.15, -0.1) is 0 Å². The SMILES string of the molecule is C[C@@H](O)[C@H](NC(=O)C(C)(C)Oc1ccc(F)cc1)C(=O)O. The average Bonchev–Trinajstić information content (AvgIpc) is 2.37. The first-order valence-corrected chi connectivity index (χ1v) is 6.30. The smallest absolute Gasteiger partial charge is 0.328 e. The number of benzene rings is 1. The lowest BCUT2D eigenvalue weighted by Crippen LogP contribution is -2.55. The molecule has 0 spiro atoms. The quantitative estimate of drug-likeness (QED) is 0.726. The van der Waals surface area contributed by atoms with Gasteiger partial charge in [-0.25, -0.2) is 9.18 Å². The second-order valence-electron chi connectivity index (χ2n) is 5.10. The highest BCUT2D eigenvalue weighted by Crippen LogP contribution is 2.19. The third kappa shape index (κ3) is 4.71. The minimum atomic E-state index is -1.44. The van der Waals surface area contributed by atoms with E-state index in [1.807, 2.05) is 0 Å². The Morgan fingerprint density at radius 3 is 2.24 bits per heavy atom. The lowest BCUT2D eigenvalue weighted by molar-refractivity contribution is -0.147. The molecule has 1 rings (SSSR count). The highest BCUT2D eigenvalue weighted by atomic mass is 19.1. The van der Waals surface area contributed by atoms with Crippen molar-refractivity contribution in [3.63, 3.8) is 0 Å². The summed E-state index contributed by atoms with van der Waals surface area (Å²) in [6.45, 7) is 4.13. The van der Waals surface area contributed by atoms with Crippen LogP contribution in [0.2, 0.25) is 0 Å².